The van der Waals surface area contributed by atoms with Crippen LogP contribution in [0.2, 0.25) is 0 Å². The second-order valence-corrected chi connectivity index (χ2v) is 6.20. The Balaban J connectivity index is 1.76. The largest absolute Gasteiger partial charge is 0.370 e. The summed E-state index contributed by atoms with van der Waals surface area (Å²) >= 11 is 0. The maximum absolute atomic E-state index is 14.0. The number of nitrogens with two attached hydrogens (primary N) is 1. The third-order valence-electron chi connectivity index (χ3n) is 4.81. The van der Waals surface area contributed by atoms with Gasteiger partial charge in [-0.2, -0.15) is 0 Å². The summed E-state index contributed by atoms with van der Waals surface area (Å²) in [7, 11) is 0. The Labute approximate surface area is 123 Å². The topological polar surface area (TPSA) is 50.4 Å². The molecule has 0 radical (unpaired) electrons. The lowest BCUT2D eigenvalue weighted by Crippen LogP contribution is -2.45. The van der Waals surface area contributed by atoms with Gasteiger partial charge in [0.05, 0.1) is 6.54 Å². The maximum atomic E-state index is 14.0. The van der Waals surface area contributed by atoms with Crippen LogP contribution in [0.4, 0.5) is 8.78 Å². The summed E-state index contributed by atoms with van der Waals surface area (Å²) in [6.07, 6.45) is 5.93. The van der Waals surface area contributed by atoms with Crippen LogP contribution < -0.4 is 11.1 Å². The summed E-state index contributed by atoms with van der Waals surface area (Å²) in [6, 6.07) is 4.45. The van der Waals surface area contributed by atoms with Crippen LogP contribution in [0.15, 0.2) is 23.2 Å². The third kappa shape index (κ3) is 2.74. The molecule has 21 heavy (non-hydrogen) atoms. The zero-order chi connectivity index (χ0) is 14.9. The van der Waals surface area contributed by atoms with E-state index in [1.54, 1.807) is 0 Å². The molecule has 3 nitrogen and oxygen atoms in total. The van der Waals surface area contributed by atoms with Crippen LogP contribution in [-0.2, 0) is 5.41 Å². The minimum Gasteiger partial charge on any atom is -0.370 e. The molecule has 3 rings (SSSR count). The molecule has 0 unspecified atom stereocenters. The molecule has 2 aliphatic carbocycles. The highest BCUT2D eigenvalue weighted by Gasteiger charge is 2.42. The lowest BCUT2D eigenvalue weighted by atomic mass is 9.64. The van der Waals surface area contributed by atoms with E-state index >= 15 is 0 Å². The standard InChI is InChI=1S/C16H21F2N3/c17-12-6-2-7-13(18)14(12)16(8-3-9-16)10-20-15(19)21-11-4-1-5-11/h2,6-7,11H,1,3-5,8-10H2,(H3,19,20,21). The zero-order valence-corrected chi connectivity index (χ0v) is 12.0. The Kier molecular flexibility index (Phi) is 3.83. The van der Waals surface area contributed by atoms with Crippen LogP contribution in [0.5, 0.6) is 0 Å². The highest BCUT2D eigenvalue weighted by atomic mass is 19.1. The van der Waals surface area contributed by atoms with Crippen molar-refractivity contribution in [2.24, 2.45) is 10.7 Å². The fourth-order valence-corrected chi connectivity index (χ4v) is 3.14. The molecular weight excluding hydrogens is 272 g/mol. The van der Waals surface area contributed by atoms with Crippen molar-refractivity contribution in [2.75, 3.05) is 6.54 Å². The minimum atomic E-state index is -0.526. The van der Waals surface area contributed by atoms with Crippen LogP contribution in [-0.4, -0.2) is 18.5 Å². The van der Waals surface area contributed by atoms with Gasteiger partial charge < -0.3 is 11.1 Å². The minimum absolute atomic E-state index is 0.177. The Hall–Kier alpha value is -1.65. The number of halogens is 2. The summed E-state index contributed by atoms with van der Waals surface area (Å²) in [5.41, 5.74) is 5.53. The van der Waals surface area contributed by atoms with E-state index in [0.29, 0.717) is 18.5 Å². The van der Waals surface area contributed by atoms with Crippen molar-refractivity contribution in [3.8, 4) is 0 Å². The lowest BCUT2D eigenvalue weighted by molar-refractivity contribution is 0.236. The van der Waals surface area contributed by atoms with E-state index in [9.17, 15) is 8.78 Å². The molecule has 3 N–H and O–H groups in total. The molecule has 0 saturated heterocycles. The average molecular weight is 293 g/mol. The van der Waals surface area contributed by atoms with Gasteiger partial charge in [0.2, 0.25) is 0 Å². The lowest BCUT2D eigenvalue weighted by Gasteiger charge is -2.41. The van der Waals surface area contributed by atoms with E-state index in [4.69, 9.17) is 5.73 Å². The number of rotatable bonds is 4. The fourth-order valence-electron chi connectivity index (χ4n) is 3.14. The molecule has 1 aromatic carbocycles. The van der Waals surface area contributed by atoms with E-state index in [2.05, 4.69) is 10.3 Å². The zero-order valence-electron chi connectivity index (χ0n) is 12.0. The predicted octanol–water partition coefficient (Wildman–Crippen LogP) is 2.84. The first kappa shape index (κ1) is 14.3. The van der Waals surface area contributed by atoms with E-state index in [-0.39, 0.29) is 5.56 Å². The molecule has 1 aromatic rings. The van der Waals surface area contributed by atoms with E-state index in [0.717, 1.165) is 32.1 Å². The second kappa shape index (κ2) is 5.62. The van der Waals surface area contributed by atoms with Gasteiger partial charge in [-0.1, -0.05) is 12.5 Å². The van der Waals surface area contributed by atoms with Gasteiger partial charge in [-0.15, -0.1) is 0 Å². The number of hydrogen-bond acceptors (Lipinski definition) is 1. The number of hydrogen-bond donors (Lipinski definition) is 2. The van der Waals surface area contributed by atoms with Crippen molar-refractivity contribution in [2.45, 2.75) is 50.0 Å². The molecule has 0 heterocycles. The summed E-state index contributed by atoms with van der Waals surface area (Å²) in [6.45, 7) is 0.344. The number of guanidine groups is 1. The van der Waals surface area contributed by atoms with Crippen molar-refractivity contribution < 1.29 is 8.78 Å². The summed E-state index contributed by atoms with van der Waals surface area (Å²) in [4.78, 5) is 4.35. The molecule has 114 valence electrons. The Morgan fingerprint density at radius 2 is 1.90 bits per heavy atom. The maximum Gasteiger partial charge on any atom is 0.188 e. The van der Waals surface area contributed by atoms with Crippen LogP contribution in [0.25, 0.3) is 0 Å². The quantitative estimate of drug-likeness (QED) is 0.662. The molecule has 2 fully saturated rings. The molecule has 0 aliphatic heterocycles. The first-order valence-electron chi connectivity index (χ1n) is 7.62. The highest BCUT2D eigenvalue weighted by molar-refractivity contribution is 5.78. The predicted molar refractivity (Wildman–Crippen MR) is 79.2 cm³/mol. The number of nitrogens with zero attached hydrogens (tertiary/aromatic N) is 1. The van der Waals surface area contributed by atoms with Crippen molar-refractivity contribution in [3.63, 3.8) is 0 Å². The molecule has 0 bridgehead atoms. The smallest absolute Gasteiger partial charge is 0.188 e. The van der Waals surface area contributed by atoms with Crippen molar-refractivity contribution in [3.05, 3.63) is 35.4 Å². The normalized spacial score (nSPS) is 21.5. The first-order chi connectivity index (χ1) is 10.1. The summed E-state index contributed by atoms with van der Waals surface area (Å²) < 4.78 is 28.1. The third-order valence-corrected chi connectivity index (χ3v) is 4.81. The molecular formula is C16H21F2N3. The first-order valence-corrected chi connectivity index (χ1v) is 7.62. The monoisotopic (exact) mass is 293 g/mol. The fraction of sp³-hybridized carbons (Fsp3) is 0.562. The van der Waals surface area contributed by atoms with E-state index in [1.165, 1.54) is 24.6 Å². The molecule has 2 aliphatic rings. The highest BCUT2D eigenvalue weighted by Crippen LogP contribution is 2.45. The van der Waals surface area contributed by atoms with Gasteiger partial charge in [-0.05, 0) is 44.2 Å². The van der Waals surface area contributed by atoms with Gasteiger partial charge in [0, 0.05) is 17.0 Å². The Morgan fingerprint density at radius 1 is 1.24 bits per heavy atom. The van der Waals surface area contributed by atoms with Crippen molar-refractivity contribution >= 4 is 5.96 Å². The molecule has 0 amide bonds. The second-order valence-electron chi connectivity index (χ2n) is 6.20. The van der Waals surface area contributed by atoms with Gasteiger partial charge in [0.1, 0.15) is 11.6 Å². The average Bonchev–Trinajstić information content (AvgIpc) is 2.35. The molecule has 2 saturated carbocycles. The van der Waals surface area contributed by atoms with Gasteiger partial charge in [0.25, 0.3) is 0 Å². The molecule has 0 aromatic heterocycles. The SMILES string of the molecule is NC(=NCC1(c2c(F)cccc2F)CCC1)NC1CCC1. The number of benzene rings is 1. The summed E-state index contributed by atoms with van der Waals surface area (Å²) in [5, 5.41) is 3.16. The van der Waals surface area contributed by atoms with Crippen LogP contribution in [0, 0.1) is 11.6 Å². The van der Waals surface area contributed by atoms with Crippen LogP contribution >= 0.6 is 0 Å². The van der Waals surface area contributed by atoms with Gasteiger partial charge in [0.15, 0.2) is 5.96 Å². The number of nitrogens with one attached hydrogen (secondary N) is 1. The molecule has 0 spiro atoms. The van der Waals surface area contributed by atoms with Crippen LogP contribution in [0.3, 0.4) is 0 Å². The molecule has 5 heteroatoms. The Bertz CT molecular complexity index is 528. The number of aliphatic imine (C=N–C) groups is 1. The van der Waals surface area contributed by atoms with Gasteiger partial charge in [-0.3, -0.25) is 4.99 Å². The van der Waals surface area contributed by atoms with Crippen LogP contribution in [0.1, 0.15) is 44.1 Å². The van der Waals surface area contributed by atoms with Crippen molar-refractivity contribution in [1.82, 2.24) is 5.32 Å². The van der Waals surface area contributed by atoms with E-state index < -0.39 is 17.0 Å². The van der Waals surface area contributed by atoms with Crippen molar-refractivity contribution in [1.29, 1.82) is 0 Å². The van der Waals surface area contributed by atoms with E-state index in [1.807, 2.05) is 0 Å². The van der Waals surface area contributed by atoms with Gasteiger partial charge in [-0.25, -0.2) is 8.78 Å². The Morgan fingerprint density at radius 3 is 2.38 bits per heavy atom. The molecule has 0 atom stereocenters. The summed E-state index contributed by atoms with van der Waals surface area (Å²) in [5.74, 6) is -0.562. The van der Waals surface area contributed by atoms with Gasteiger partial charge >= 0.3 is 0 Å².